The van der Waals surface area contributed by atoms with E-state index in [1.807, 2.05) is 0 Å². The first kappa shape index (κ1) is 11.4. The molecule has 0 aromatic carbocycles. The van der Waals surface area contributed by atoms with E-state index in [1.54, 1.807) is 0 Å². The van der Waals surface area contributed by atoms with E-state index in [9.17, 15) is 5.11 Å². The molecule has 1 saturated carbocycles. The standard InChI is InChI=1S/C13H25NO/c15-13-9-2-1-3-10-14(13)11-5-8-12-6-4-7-12/h12-13,15H,1-11H2. The molecule has 1 saturated heterocycles. The molecule has 2 nitrogen and oxygen atoms in total. The molecule has 2 fully saturated rings. The Morgan fingerprint density at radius 3 is 2.60 bits per heavy atom. The van der Waals surface area contributed by atoms with Crippen LogP contribution >= 0.6 is 0 Å². The third-order valence-corrected chi connectivity index (χ3v) is 4.11. The van der Waals surface area contributed by atoms with E-state index in [2.05, 4.69) is 4.90 Å². The summed E-state index contributed by atoms with van der Waals surface area (Å²) < 4.78 is 0. The lowest BCUT2D eigenvalue weighted by Gasteiger charge is -2.29. The predicted octanol–water partition coefficient (Wildman–Crippen LogP) is 2.76. The third-order valence-electron chi connectivity index (χ3n) is 4.11. The second-order valence-corrected chi connectivity index (χ2v) is 5.31. The molecule has 1 atom stereocenters. The van der Waals surface area contributed by atoms with Gasteiger partial charge in [-0.1, -0.05) is 25.7 Å². The molecule has 15 heavy (non-hydrogen) atoms. The second-order valence-electron chi connectivity index (χ2n) is 5.31. The maximum absolute atomic E-state index is 9.91. The molecule has 2 rings (SSSR count). The summed E-state index contributed by atoms with van der Waals surface area (Å²) in [5.41, 5.74) is 0. The van der Waals surface area contributed by atoms with Crippen LogP contribution in [0.15, 0.2) is 0 Å². The first-order valence-corrected chi connectivity index (χ1v) is 6.78. The highest BCUT2D eigenvalue weighted by molar-refractivity contribution is 4.72. The van der Waals surface area contributed by atoms with Gasteiger partial charge in [0.25, 0.3) is 0 Å². The minimum Gasteiger partial charge on any atom is -0.378 e. The van der Waals surface area contributed by atoms with Crippen LogP contribution in [0.25, 0.3) is 0 Å². The number of aliphatic hydroxyl groups excluding tert-OH is 1. The molecule has 0 aromatic rings. The minimum absolute atomic E-state index is 0.145. The number of aliphatic hydroxyl groups is 1. The summed E-state index contributed by atoms with van der Waals surface area (Å²) >= 11 is 0. The summed E-state index contributed by atoms with van der Waals surface area (Å²) in [6, 6.07) is 0. The van der Waals surface area contributed by atoms with Crippen molar-refractivity contribution in [1.82, 2.24) is 4.90 Å². The van der Waals surface area contributed by atoms with Crippen LogP contribution in [0.4, 0.5) is 0 Å². The molecule has 1 N–H and O–H groups in total. The predicted molar refractivity (Wildman–Crippen MR) is 62.6 cm³/mol. The second kappa shape index (κ2) is 5.86. The summed E-state index contributed by atoms with van der Waals surface area (Å²) in [6.07, 6.45) is 11.7. The summed E-state index contributed by atoms with van der Waals surface area (Å²) in [5.74, 6) is 1.02. The van der Waals surface area contributed by atoms with E-state index in [0.29, 0.717) is 0 Å². The number of hydrogen-bond donors (Lipinski definition) is 1. The van der Waals surface area contributed by atoms with Crippen LogP contribution in [0.3, 0.4) is 0 Å². The highest BCUT2D eigenvalue weighted by Gasteiger charge is 2.20. The van der Waals surface area contributed by atoms with Gasteiger partial charge in [0.2, 0.25) is 0 Å². The number of likely N-dealkylation sites (tertiary alicyclic amines) is 1. The fourth-order valence-corrected chi connectivity index (χ4v) is 2.78. The van der Waals surface area contributed by atoms with Crippen molar-refractivity contribution in [3.63, 3.8) is 0 Å². The van der Waals surface area contributed by atoms with Gasteiger partial charge in [-0.2, -0.15) is 0 Å². The Labute approximate surface area is 93.7 Å². The molecule has 1 unspecified atom stereocenters. The summed E-state index contributed by atoms with van der Waals surface area (Å²) in [7, 11) is 0. The molecule has 1 heterocycles. The quantitative estimate of drug-likeness (QED) is 0.773. The Hall–Kier alpha value is -0.0800. The van der Waals surface area contributed by atoms with E-state index in [1.165, 1.54) is 51.4 Å². The smallest absolute Gasteiger partial charge is 0.107 e. The van der Waals surface area contributed by atoms with Gasteiger partial charge in [0.15, 0.2) is 0 Å². The van der Waals surface area contributed by atoms with Crippen LogP contribution in [-0.2, 0) is 0 Å². The van der Waals surface area contributed by atoms with E-state index in [4.69, 9.17) is 0 Å². The van der Waals surface area contributed by atoms with Gasteiger partial charge in [0.05, 0.1) is 0 Å². The van der Waals surface area contributed by atoms with Crippen molar-refractivity contribution in [3.05, 3.63) is 0 Å². The molecule has 88 valence electrons. The fourth-order valence-electron chi connectivity index (χ4n) is 2.78. The molecule has 0 bridgehead atoms. The molecular formula is C13H25NO. The molecule has 0 amide bonds. The Kier molecular flexibility index (Phi) is 4.45. The summed E-state index contributed by atoms with van der Waals surface area (Å²) in [6.45, 7) is 2.24. The Morgan fingerprint density at radius 2 is 1.87 bits per heavy atom. The largest absolute Gasteiger partial charge is 0.378 e. The summed E-state index contributed by atoms with van der Waals surface area (Å²) in [5, 5.41) is 9.91. The van der Waals surface area contributed by atoms with Crippen LogP contribution in [0, 0.1) is 5.92 Å². The zero-order chi connectivity index (χ0) is 10.5. The molecule has 0 spiro atoms. The Bertz CT molecular complexity index is 179. The molecule has 1 aliphatic heterocycles. The van der Waals surface area contributed by atoms with Crippen molar-refractivity contribution < 1.29 is 5.11 Å². The van der Waals surface area contributed by atoms with Gasteiger partial charge in [-0.15, -0.1) is 0 Å². The highest BCUT2D eigenvalue weighted by atomic mass is 16.3. The van der Waals surface area contributed by atoms with Crippen LogP contribution in [0.5, 0.6) is 0 Å². The number of rotatable bonds is 4. The van der Waals surface area contributed by atoms with E-state index < -0.39 is 0 Å². The maximum atomic E-state index is 9.91. The fraction of sp³-hybridized carbons (Fsp3) is 1.00. The highest BCUT2D eigenvalue weighted by Crippen LogP contribution is 2.30. The third kappa shape index (κ3) is 3.46. The van der Waals surface area contributed by atoms with Gasteiger partial charge in [-0.25, -0.2) is 0 Å². The zero-order valence-corrected chi connectivity index (χ0v) is 9.83. The normalized spacial score (nSPS) is 29.8. The van der Waals surface area contributed by atoms with Gasteiger partial charge in [0.1, 0.15) is 6.23 Å². The van der Waals surface area contributed by atoms with Crippen molar-refractivity contribution in [3.8, 4) is 0 Å². The van der Waals surface area contributed by atoms with Crippen molar-refractivity contribution in [2.75, 3.05) is 13.1 Å². The number of hydrogen-bond acceptors (Lipinski definition) is 2. The molecule has 2 aliphatic rings. The molecule has 0 radical (unpaired) electrons. The number of nitrogens with zero attached hydrogens (tertiary/aromatic N) is 1. The average molecular weight is 211 g/mol. The molecular weight excluding hydrogens is 186 g/mol. The first-order chi connectivity index (χ1) is 7.36. The average Bonchev–Trinajstić information content (AvgIpc) is 2.36. The zero-order valence-electron chi connectivity index (χ0n) is 9.83. The van der Waals surface area contributed by atoms with Gasteiger partial charge in [0, 0.05) is 13.1 Å². The van der Waals surface area contributed by atoms with Crippen molar-refractivity contribution in [2.45, 2.75) is 64.0 Å². The van der Waals surface area contributed by atoms with Crippen LogP contribution in [0.2, 0.25) is 0 Å². The lowest BCUT2D eigenvalue weighted by Crippen LogP contribution is -2.35. The van der Waals surface area contributed by atoms with E-state index in [0.717, 1.165) is 25.4 Å². The van der Waals surface area contributed by atoms with Crippen molar-refractivity contribution >= 4 is 0 Å². The van der Waals surface area contributed by atoms with Crippen LogP contribution in [0.1, 0.15) is 57.8 Å². The lowest BCUT2D eigenvalue weighted by atomic mass is 9.82. The van der Waals surface area contributed by atoms with Crippen molar-refractivity contribution in [2.24, 2.45) is 5.92 Å². The SMILES string of the molecule is OC1CCCCCN1CCCC1CCC1. The van der Waals surface area contributed by atoms with Gasteiger partial charge < -0.3 is 5.11 Å². The van der Waals surface area contributed by atoms with Gasteiger partial charge in [-0.3, -0.25) is 4.90 Å². The molecule has 1 aliphatic carbocycles. The topological polar surface area (TPSA) is 23.5 Å². The molecule has 0 aromatic heterocycles. The van der Waals surface area contributed by atoms with Crippen LogP contribution < -0.4 is 0 Å². The minimum atomic E-state index is -0.145. The summed E-state index contributed by atoms with van der Waals surface area (Å²) in [4.78, 5) is 2.30. The molecule has 2 heteroatoms. The van der Waals surface area contributed by atoms with Crippen molar-refractivity contribution in [1.29, 1.82) is 0 Å². The van der Waals surface area contributed by atoms with Gasteiger partial charge in [-0.05, 0) is 38.0 Å². The van der Waals surface area contributed by atoms with Crippen LogP contribution in [-0.4, -0.2) is 29.3 Å². The van der Waals surface area contributed by atoms with Gasteiger partial charge >= 0.3 is 0 Å². The lowest BCUT2D eigenvalue weighted by molar-refractivity contribution is 0.00251. The first-order valence-electron chi connectivity index (χ1n) is 6.78. The Balaban J connectivity index is 1.62. The van der Waals surface area contributed by atoms with E-state index >= 15 is 0 Å². The maximum Gasteiger partial charge on any atom is 0.107 e. The van der Waals surface area contributed by atoms with E-state index in [-0.39, 0.29) is 6.23 Å². The monoisotopic (exact) mass is 211 g/mol. The Morgan fingerprint density at radius 1 is 1.00 bits per heavy atom.